The second kappa shape index (κ2) is 11.1. The molecule has 0 atom stereocenters. The molecule has 0 spiro atoms. The predicted molar refractivity (Wildman–Crippen MR) is 148 cm³/mol. The monoisotopic (exact) mass is 556 g/mol. The highest BCUT2D eigenvalue weighted by Gasteiger charge is 2.46. The average Bonchev–Trinajstić information content (AvgIpc) is 3.66. The van der Waals surface area contributed by atoms with Gasteiger partial charge in [0.1, 0.15) is 5.82 Å². The first-order valence-electron chi connectivity index (χ1n) is 13.6. The van der Waals surface area contributed by atoms with Crippen molar-refractivity contribution in [2.75, 3.05) is 13.1 Å². The SMILES string of the molecule is O=C(O)OC1(C(=O)NC2CC2)CCN(Cc2ccc(-c3noc(-c4ccc(-c5ccccc5)c(F)c4)n3)cc2)CC1. The Bertz CT molecular complexity index is 1540. The van der Waals surface area contributed by atoms with Gasteiger partial charge in [0.15, 0.2) is 5.60 Å². The summed E-state index contributed by atoms with van der Waals surface area (Å²) in [4.78, 5) is 30.7. The summed E-state index contributed by atoms with van der Waals surface area (Å²) in [5.41, 5.74) is 2.26. The van der Waals surface area contributed by atoms with Gasteiger partial charge in [0.2, 0.25) is 5.82 Å². The van der Waals surface area contributed by atoms with Crippen molar-refractivity contribution in [3.63, 3.8) is 0 Å². The van der Waals surface area contributed by atoms with Crippen LogP contribution in [0.25, 0.3) is 34.0 Å². The minimum atomic E-state index is -1.43. The maximum atomic E-state index is 14.8. The van der Waals surface area contributed by atoms with Crippen LogP contribution >= 0.6 is 0 Å². The van der Waals surface area contributed by atoms with Gasteiger partial charge < -0.3 is 19.7 Å². The highest BCUT2D eigenvalue weighted by molar-refractivity contribution is 5.87. The molecule has 2 fully saturated rings. The number of hydrogen-bond donors (Lipinski definition) is 2. The first-order chi connectivity index (χ1) is 19.9. The third-order valence-corrected chi connectivity index (χ3v) is 7.62. The van der Waals surface area contributed by atoms with Crippen molar-refractivity contribution < 1.29 is 28.3 Å². The second-order valence-electron chi connectivity index (χ2n) is 10.6. The smallest absolute Gasteiger partial charge is 0.450 e. The number of nitrogens with one attached hydrogen (secondary N) is 1. The van der Waals surface area contributed by atoms with E-state index in [-0.39, 0.29) is 23.7 Å². The van der Waals surface area contributed by atoms with Gasteiger partial charge in [-0.05, 0) is 36.1 Å². The Labute approximate surface area is 235 Å². The Morgan fingerprint density at radius 3 is 2.37 bits per heavy atom. The van der Waals surface area contributed by atoms with Crippen molar-refractivity contribution in [2.24, 2.45) is 0 Å². The molecule has 1 aliphatic heterocycles. The Kier molecular flexibility index (Phi) is 7.23. The molecule has 1 saturated heterocycles. The van der Waals surface area contributed by atoms with E-state index in [9.17, 15) is 19.1 Å². The van der Waals surface area contributed by atoms with Crippen LogP contribution < -0.4 is 5.32 Å². The van der Waals surface area contributed by atoms with Crippen molar-refractivity contribution in [2.45, 2.75) is 43.9 Å². The lowest BCUT2D eigenvalue weighted by molar-refractivity contribution is -0.148. The van der Waals surface area contributed by atoms with Crippen LogP contribution in [0.1, 0.15) is 31.2 Å². The number of ether oxygens (including phenoxy) is 1. The number of hydrogen-bond acceptors (Lipinski definition) is 7. The number of carbonyl (C=O) groups excluding carboxylic acids is 1. The fraction of sp³-hybridized carbons (Fsp3) is 0.290. The number of piperidine rings is 1. The van der Waals surface area contributed by atoms with Gasteiger partial charge in [0, 0.05) is 55.2 Å². The molecule has 2 heterocycles. The molecule has 6 rings (SSSR count). The number of carboxylic acid groups (broad SMARTS) is 1. The topological polar surface area (TPSA) is 118 Å². The lowest BCUT2D eigenvalue weighted by atomic mass is 9.89. The first kappa shape index (κ1) is 26.6. The molecular formula is C31H29FN4O5. The normalized spacial score (nSPS) is 16.7. The van der Waals surface area contributed by atoms with Crippen LogP contribution in [-0.4, -0.2) is 56.9 Å². The van der Waals surface area contributed by atoms with Crippen molar-refractivity contribution in [3.05, 3.63) is 84.2 Å². The largest absolute Gasteiger partial charge is 0.506 e. The van der Waals surface area contributed by atoms with Crippen LogP contribution in [0.5, 0.6) is 0 Å². The molecule has 2 aliphatic rings. The molecule has 10 heteroatoms. The van der Waals surface area contributed by atoms with Gasteiger partial charge in [-0.25, -0.2) is 9.18 Å². The van der Waals surface area contributed by atoms with Gasteiger partial charge in [-0.1, -0.05) is 65.8 Å². The summed E-state index contributed by atoms with van der Waals surface area (Å²) in [5.74, 6) is -0.0744. The van der Waals surface area contributed by atoms with E-state index in [2.05, 4.69) is 20.4 Å². The summed E-state index contributed by atoms with van der Waals surface area (Å²) in [6.07, 6.45) is 1.01. The van der Waals surface area contributed by atoms with Crippen LogP contribution in [0, 0.1) is 5.82 Å². The summed E-state index contributed by atoms with van der Waals surface area (Å²) in [6.45, 7) is 1.69. The Morgan fingerprint density at radius 2 is 1.71 bits per heavy atom. The summed E-state index contributed by atoms with van der Waals surface area (Å²) >= 11 is 0. The first-order valence-corrected chi connectivity index (χ1v) is 13.6. The van der Waals surface area contributed by atoms with Crippen LogP contribution in [-0.2, 0) is 16.1 Å². The van der Waals surface area contributed by atoms with E-state index in [1.54, 1.807) is 12.1 Å². The molecule has 210 valence electrons. The number of nitrogens with zero attached hydrogens (tertiary/aromatic N) is 3. The van der Waals surface area contributed by atoms with Gasteiger partial charge in [-0.15, -0.1) is 0 Å². The van der Waals surface area contributed by atoms with Gasteiger partial charge in [0.25, 0.3) is 11.8 Å². The lowest BCUT2D eigenvalue weighted by Crippen LogP contribution is -2.56. The van der Waals surface area contributed by atoms with E-state index in [1.165, 1.54) is 6.07 Å². The highest BCUT2D eigenvalue weighted by Crippen LogP contribution is 2.31. The Hall–Kier alpha value is -4.57. The molecule has 3 aromatic carbocycles. The fourth-order valence-electron chi connectivity index (χ4n) is 5.13. The Balaban J connectivity index is 1.08. The van der Waals surface area contributed by atoms with E-state index in [1.807, 2.05) is 54.6 Å². The molecule has 1 amide bonds. The number of benzene rings is 3. The maximum Gasteiger partial charge on any atom is 0.506 e. The van der Waals surface area contributed by atoms with Crippen LogP contribution in [0.3, 0.4) is 0 Å². The van der Waals surface area contributed by atoms with Crippen molar-refractivity contribution in [3.8, 4) is 34.0 Å². The van der Waals surface area contributed by atoms with E-state index in [4.69, 9.17) is 9.26 Å². The summed E-state index contributed by atoms with van der Waals surface area (Å²) in [6, 6.07) is 22.0. The number of amides is 1. The van der Waals surface area contributed by atoms with Crippen molar-refractivity contribution >= 4 is 12.1 Å². The molecule has 0 bridgehead atoms. The lowest BCUT2D eigenvalue weighted by Gasteiger charge is -2.39. The van der Waals surface area contributed by atoms with E-state index < -0.39 is 11.8 Å². The molecule has 0 unspecified atom stereocenters. The van der Waals surface area contributed by atoms with Gasteiger partial charge in [0.05, 0.1) is 0 Å². The van der Waals surface area contributed by atoms with Gasteiger partial charge in [-0.2, -0.15) is 4.98 Å². The molecular weight excluding hydrogens is 527 g/mol. The third kappa shape index (κ3) is 5.97. The Morgan fingerprint density at radius 1 is 1.00 bits per heavy atom. The molecule has 1 aliphatic carbocycles. The van der Waals surface area contributed by atoms with Gasteiger partial charge in [-0.3, -0.25) is 9.69 Å². The van der Waals surface area contributed by atoms with Crippen LogP contribution in [0.15, 0.2) is 77.3 Å². The quantitative estimate of drug-likeness (QED) is 0.273. The third-order valence-electron chi connectivity index (χ3n) is 7.62. The zero-order valence-electron chi connectivity index (χ0n) is 22.3. The second-order valence-corrected chi connectivity index (χ2v) is 10.6. The number of rotatable bonds is 8. The van der Waals surface area contributed by atoms with Crippen molar-refractivity contribution in [1.82, 2.24) is 20.4 Å². The van der Waals surface area contributed by atoms with E-state index in [0.29, 0.717) is 49.4 Å². The summed E-state index contributed by atoms with van der Waals surface area (Å²) in [7, 11) is 0. The number of aromatic nitrogens is 2. The molecule has 4 aromatic rings. The zero-order valence-corrected chi connectivity index (χ0v) is 22.3. The summed E-state index contributed by atoms with van der Waals surface area (Å²) in [5, 5.41) is 16.2. The number of carbonyl (C=O) groups is 2. The maximum absolute atomic E-state index is 14.8. The minimum absolute atomic E-state index is 0.130. The zero-order chi connectivity index (χ0) is 28.4. The molecule has 1 saturated carbocycles. The molecule has 1 aromatic heterocycles. The number of halogens is 1. The average molecular weight is 557 g/mol. The molecule has 9 nitrogen and oxygen atoms in total. The molecule has 0 radical (unpaired) electrons. The minimum Gasteiger partial charge on any atom is -0.450 e. The summed E-state index contributed by atoms with van der Waals surface area (Å²) < 4.78 is 25.4. The van der Waals surface area contributed by atoms with Gasteiger partial charge >= 0.3 is 6.16 Å². The number of likely N-dealkylation sites (tertiary alicyclic amines) is 1. The fourth-order valence-corrected chi connectivity index (χ4v) is 5.13. The van der Waals surface area contributed by atoms with Crippen molar-refractivity contribution in [1.29, 1.82) is 0 Å². The highest BCUT2D eigenvalue weighted by atomic mass is 19.1. The standard InChI is InChI=1S/C31H29FN4O5/c32-26-18-23(10-13-25(26)21-4-2-1-3-5-21)28-34-27(35-41-28)22-8-6-20(7-9-22)19-36-16-14-31(15-17-36,40-30(38)39)29(37)33-24-11-12-24/h1-10,13,18,24H,11-12,14-17,19H2,(H,33,37)(H,38,39). The predicted octanol–water partition coefficient (Wildman–Crippen LogP) is 5.52. The van der Waals surface area contributed by atoms with E-state index in [0.717, 1.165) is 29.5 Å². The van der Waals surface area contributed by atoms with Crippen LogP contribution in [0.2, 0.25) is 0 Å². The van der Waals surface area contributed by atoms with Crippen LogP contribution in [0.4, 0.5) is 9.18 Å². The van der Waals surface area contributed by atoms with E-state index >= 15 is 0 Å². The molecule has 2 N–H and O–H groups in total. The molecule has 41 heavy (non-hydrogen) atoms.